The molecule has 0 N–H and O–H groups in total. The molecular weight excluding hydrogens is 262 g/mol. The average Bonchev–Trinajstić information content (AvgIpc) is 2.46. The summed E-state index contributed by atoms with van der Waals surface area (Å²) in [4.78, 5) is 11.1. The molecule has 0 saturated heterocycles. The van der Waals surface area contributed by atoms with E-state index in [0.717, 1.165) is 12.4 Å². The molecule has 19 heavy (non-hydrogen) atoms. The first-order valence-electron chi connectivity index (χ1n) is 7.12. The van der Waals surface area contributed by atoms with Crippen LogP contribution in [-0.2, 0) is 0 Å². The van der Waals surface area contributed by atoms with E-state index in [9.17, 15) is 0 Å². The van der Waals surface area contributed by atoms with Crippen LogP contribution in [0.5, 0.6) is 5.88 Å². The van der Waals surface area contributed by atoms with Crippen molar-refractivity contribution >= 4 is 17.4 Å². The van der Waals surface area contributed by atoms with Crippen molar-refractivity contribution in [1.29, 1.82) is 0 Å². The molecule has 5 heteroatoms. The fourth-order valence-electron chi connectivity index (χ4n) is 2.66. The van der Waals surface area contributed by atoms with Crippen molar-refractivity contribution in [3.05, 3.63) is 12.4 Å². The first-order chi connectivity index (χ1) is 9.35. The lowest BCUT2D eigenvalue weighted by Gasteiger charge is -2.34. The molecule has 1 fully saturated rings. The average molecular weight is 284 g/mol. The third-order valence-corrected chi connectivity index (χ3v) is 3.70. The van der Waals surface area contributed by atoms with Crippen molar-refractivity contribution in [2.75, 3.05) is 23.9 Å². The number of ether oxygens (including phenoxy) is 1. The van der Waals surface area contributed by atoms with Gasteiger partial charge in [0, 0.05) is 18.5 Å². The van der Waals surface area contributed by atoms with Gasteiger partial charge < -0.3 is 9.64 Å². The molecule has 1 aromatic heterocycles. The zero-order valence-corrected chi connectivity index (χ0v) is 12.3. The van der Waals surface area contributed by atoms with E-state index in [1.54, 1.807) is 6.20 Å². The lowest BCUT2D eigenvalue weighted by Crippen LogP contribution is -2.38. The van der Waals surface area contributed by atoms with Crippen molar-refractivity contribution in [3.8, 4) is 5.88 Å². The number of hydrogen-bond acceptors (Lipinski definition) is 4. The van der Waals surface area contributed by atoms with Gasteiger partial charge in [-0.05, 0) is 19.8 Å². The number of aromatic nitrogens is 2. The molecule has 0 spiro atoms. The Morgan fingerprint density at radius 1 is 1.32 bits per heavy atom. The molecule has 1 aliphatic rings. The van der Waals surface area contributed by atoms with Gasteiger partial charge in [0.15, 0.2) is 5.82 Å². The third kappa shape index (κ3) is 3.96. The second kappa shape index (κ2) is 7.53. The van der Waals surface area contributed by atoms with Crippen molar-refractivity contribution in [2.24, 2.45) is 0 Å². The van der Waals surface area contributed by atoms with E-state index in [1.807, 2.05) is 13.1 Å². The molecule has 1 heterocycles. The van der Waals surface area contributed by atoms with E-state index in [-0.39, 0.29) is 0 Å². The Kier molecular flexibility index (Phi) is 5.70. The summed E-state index contributed by atoms with van der Waals surface area (Å²) >= 11 is 5.95. The Morgan fingerprint density at radius 2 is 2.11 bits per heavy atom. The van der Waals surface area contributed by atoms with E-state index in [2.05, 4.69) is 14.9 Å². The molecular formula is C14H22ClN3O. The van der Waals surface area contributed by atoms with Gasteiger partial charge in [0.05, 0.1) is 19.0 Å². The molecule has 1 aliphatic carbocycles. The summed E-state index contributed by atoms with van der Waals surface area (Å²) in [6.45, 7) is 3.37. The molecule has 0 aliphatic heterocycles. The minimum atomic E-state index is 0.540. The molecule has 0 atom stereocenters. The Balaban J connectivity index is 2.14. The van der Waals surface area contributed by atoms with Crippen LogP contribution in [0.2, 0.25) is 0 Å². The summed E-state index contributed by atoms with van der Waals surface area (Å²) in [7, 11) is 0. The highest BCUT2D eigenvalue weighted by Crippen LogP contribution is 2.26. The Bertz CT molecular complexity index is 383. The Hall–Kier alpha value is -1.03. The van der Waals surface area contributed by atoms with Crippen molar-refractivity contribution in [2.45, 2.75) is 45.1 Å². The summed E-state index contributed by atoms with van der Waals surface area (Å²) in [5, 5.41) is 0. The van der Waals surface area contributed by atoms with Crippen LogP contribution in [-0.4, -0.2) is 35.0 Å². The van der Waals surface area contributed by atoms with Crippen LogP contribution < -0.4 is 9.64 Å². The van der Waals surface area contributed by atoms with Gasteiger partial charge >= 0.3 is 0 Å². The molecule has 2 rings (SSSR count). The van der Waals surface area contributed by atoms with Crippen LogP contribution in [0.4, 0.5) is 5.82 Å². The van der Waals surface area contributed by atoms with E-state index >= 15 is 0 Å². The van der Waals surface area contributed by atoms with Crippen molar-refractivity contribution < 1.29 is 4.74 Å². The number of anilines is 1. The topological polar surface area (TPSA) is 38.2 Å². The molecule has 106 valence electrons. The first kappa shape index (κ1) is 14.4. The molecule has 1 saturated carbocycles. The van der Waals surface area contributed by atoms with E-state index in [0.29, 0.717) is 24.4 Å². The molecule has 0 bridgehead atoms. The van der Waals surface area contributed by atoms with Crippen molar-refractivity contribution in [3.63, 3.8) is 0 Å². The minimum absolute atomic E-state index is 0.540. The van der Waals surface area contributed by atoms with Crippen LogP contribution in [0.25, 0.3) is 0 Å². The highest BCUT2D eigenvalue weighted by molar-refractivity contribution is 6.18. The lowest BCUT2D eigenvalue weighted by atomic mass is 9.94. The number of alkyl halides is 1. The summed E-state index contributed by atoms with van der Waals surface area (Å²) < 4.78 is 5.43. The van der Waals surface area contributed by atoms with Gasteiger partial charge in [-0.3, -0.25) is 4.98 Å². The predicted molar refractivity (Wildman–Crippen MR) is 78.1 cm³/mol. The summed E-state index contributed by atoms with van der Waals surface area (Å²) in [5.74, 6) is 2.09. The minimum Gasteiger partial charge on any atom is -0.477 e. The number of halogens is 1. The quantitative estimate of drug-likeness (QED) is 0.751. The Labute approximate surface area is 120 Å². The normalized spacial score (nSPS) is 16.3. The predicted octanol–water partition coefficient (Wildman–Crippen LogP) is 3.25. The molecule has 1 aromatic rings. The SMILES string of the molecule is CCOc1cncc(N(CCCl)C2CCCCC2)n1. The third-order valence-electron chi connectivity index (χ3n) is 3.53. The maximum absolute atomic E-state index is 5.95. The molecule has 0 aromatic carbocycles. The van der Waals surface area contributed by atoms with Gasteiger partial charge in [-0.25, -0.2) is 0 Å². The van der Waals surface area contributed by atoms with Gasteiger partial charge in [-0.15, -0.1) is 11.6 Å². The molecule has 0 radical (unpaired) electrons. The highest BCUT2D eigenvalue weighted by atomic mass is 35.5. The number of hydrogen-bond donors (Lipinski definition) is 0. The monoisotopic (exact) mass is 283 g/mol. The Morgan fingerprint density at radius 3 is 2.79 bits per heavy atom. The smallest absolute Gasteiger partial charge is 0.234 e. The second-order valence-electron chi connectivity index (χ2n) is 4.82. The summed E-state index contributed by atoms with van der Waals surface area (Å²) in [6.07, 6.45) is 9.84. The molecule has 4 nitrogen and oxygen atoms in total. The number of nitrogens with zero attached hydrogens (tertiary/aromatic N) is 3. The van der Waals surface area contributed by atoms with E-state index in [4.69, 9.17) is 16.3 Å². The van der Waals surface area contributed by atoms with Gasteiger partial charge in [0.2, 0.25) is 5.88 Å². The summed E-state index contributed by atoms with van der Waals surface area (Å²) in [6, 6.07) is 0.540. The molecule has 0 amide bonds. The maximum Gasteiger partial charge on any atom is 0.234 e. The van der Waals surface area contributed by atoms with Crippen LogP contribution in [0.1, 0.15) is 39.0 Å². The van der Waals surface area contributed by atoms with Gasteiger partial charge in [-0.1, -0.05) is 19.3 Å². The fourth-order valence-corrected chi connectivity index (χ4v) is 2.84. The van der Waals surface area contributed by atoms with Crippen LogP contribution in [0.3, 0.4) is 0 Å². The zero-order valence-electron chi connectivity index (χ0n) is 11.5. The largest absolute Gasteiger partial charge is 0.477 e. The fraction of sp³-hybridized carbons (Fsp3) is 0.714. The number of rotatable bonds is 6. The van der Waals surface area contributed by atoms with E-state index in [1.165, 1.54) is 32.1 Å². The zero-order chi connectivity index (χ0) is 13.5. The lowest BCUT2D eigenvalue weighted by molar-refractivity contribution is 0.324. The van der Waals surface area contributed by atoms with Gasteiger partial charge in [0.1, 0.15) is 0 Å². The van der Waals surface area contributed by atoms with Gasteiger partial charge in [0.25, 0.3) is 0 Å². The summed E-state index contributed by atoms with van der Waals surface area (Å²) in [5.41, 5.74) is 0. The van der Waals surface area contributed by atoms with E-state index < -0.39 is 0 Å². The first-order valence-corrected chi connectivity index (χ1v) is 7.66. The maximum atomic E-state index is 5.95. The van der Waals surface area contributed by atoms with Crippen LogP contribution in [0, 0.1) is 0 Å². The van der Waals surface area contributed by atoms with Gasteiger partial charge in [-0.2, -0.15) is 4.98 Å². The molecule has 0 unspecified atom stereocenters. The highest BCUT2D eigenvalue weighted by Gasteiger charge is 2.22. The van der Waals surface area contributed by atoms with Crippen molar-refractivity contribution in [1.82, 2.24) is 9.97 Å². The van der Waals surface area contributed by atoms with Crippen LogP contribution >= 0.6 is 11.6 Å². The second-order valence-corrected chi connectivity index (χ2v) is 5.20. The van der Waals surface area contributed by atoms with Crippen LogP contribution in [0.15, 0.2) is 12.4 Å². The standard InChI is InChI=1S/C14H22ClN3O/c1-2-19-14-11-16-10-13(17-14)18(9-8-15)12-6-4-3-5-7-12/h10-12H,2-9H2,1H3.